The molecule has 3 unspecified atom stereocenters. The lowest BCUT2D eigenvalue weighted by Gasteiger charge is -2.51. The lowest BCUT2D eigenvalue weighted by atomic mass is 9.80. The molecule has 0 aromatic rings. The van der Waals surface area contributed by atoms with E-state index in [0.29, 0.717) is 6.10 Å². The monoisotopic (exact) mass is 457 g/mol. The smallest absolute Gasteiger partial charge is 0.0615 e. The third kappa shape index (κ3) is 11.3. The molecule has 0 bridgehead atoms. The molecule has 1 fully saturated rings. The Morgan fingerprint density at radius 3 is 1.72 bits per heavy atom. The van der Waals surface area contributed by atoms with Gasteiger partial charge in [-0.05, 0) is 86.5 Å². The Morgan fingerprint density at radius 2 is 1.25 bits per heavy atom. The molecule has 32 heavy (non-hydrogen) atoms. The van der Waals surface area contributed by atoms with Crippen molar-refractivity contribution in [1.29, 1.82) is 0 Å². The van der Waals surface area contributed by atoms with Gasteiger partial charge in [0.2, 0.25) is 0 Å². The molecule has 0 aliphatic carbocycles. The van der Waals surface area contributed by atoms with Crippen LogP contribution in [0.4, 0.5) is 0 Å². The van der Waals surface area contributed by atoms with E-state index < -0.39 is 0 Å². The fourth-order valence-corrected chi connectivity index (χ4v) is 4.90. The maximum atomic E-state index is 10.5. The van der Waals surface area contributed by atoms with E-state index in [4.69, 9.17) is 14.2 Å². The van der Waals surface area contributed by atoms with Crippen molar-refractivity contribution >= 4 is 0 Å². The van der Waals surface area contributed by atoms with Gasteiger partial charge in [0, 0.05) is 24.3 Å². The van der Waals surface area contributed by atoms with Gasteiger partial charge in [-0.15, -0.1) is 0 Å². The van der Waals surface area contributed by atoms with E-state index >= 15 is 0 Å². The van der Waals surface area contributed by atoms with E-state index in [-0.39, 0.29) is 29.4 Å². The Labute approximate surface area is 199 Å². The first kappa shape index (κ1) is 29.8. The number of rotatable bonds is 17. The zero-order valence-electron chi connectivity index (χ0n) is 22.6. The summed E-state index contributed by atoms with van der Waals surface area (Å²) in [6.07, 6.45) is 13.2. The number of hydrogen-bond acceptors (Lipinski definition) is 5. The highest BCUT2D eigenvalue weighted by atomic mass is 16.5. The van der Waals surface area contributed by atoms with Crippen LogP contribution >= 0.6 is 0 Å². The standard InChI is InChI=1S/C27H55NO4/c1-9-22(3)30-17-15-13-11-12-14-16-18-31-23(4)19-24(10-2)32-25-20-26(5,6)28(29)27(7,8)21-25/h22-25,29H,9-21H2,1-8H3. The van der Waals surface area contributed by atoms with E-state index in [0.717, 1.165) is 51.7 Å². The highest BCUT2D eigenvalue weighted by molar-refractivity contribution is 4.97. The molecule has 1 aliphatic heterocycles. The molecule has 1 heterocycles. The molecule has 192 valence electrons. The minimum atomic E-state index is -0.270. The molecule has 0 amide bonds. The van der Waals surface area contributed by atoms with E-state index in [1.165, 1.54) is 37.2 Å². The molecule has 0 radical (unpaired) electrons. The first-order valence-electron chi connectivity index (χ1n) is 13.4. The third-order valence-corrected chi connectivity index (χ3v) is 6.95. The molecule has 1 N–H and O–H groups in total. The SMILES string of the molecule is CCC(C)OCCCCCCCCOC(C)CC(CC)OC1CC(C)(C)N(O)C(C)(C)C1. The molecule has 5 heteroatoms. The van der Waals surface area contributed by atoms with Crippen molar-refractivity contribution in [3.63, 3.8) is 0 Å². The van der Waals surface area contributed by atoms with Crippen molar-refractivity contribution in [2.45, 2.75) is 162 Å². The van der Waals surface area contributed by atoms with E-state index in [1.54, 1.807) is 0 Å². The predicted octanol–water partition coefficient (Wildman–Crippen LogP) is 7.14. The Kier molecular flexibility index (Phi) is 13.9. The molecule has 0 spiro atoms. The summed E-state index contributed by atoms with van der Waals surface area (Å²) in [7, 11) is 0. The maximum absolute atomic E-state index is 10.5. The highest BCUT2D eigenvalue weighted by Crippen LogP contribution is 2.38. The number of piperidine rings is 1. The van der Waals surface area contributed by atoms with Gasteiger partial charge in [0.05, 0.1) is 24.4 Å². The molecule has 0 aromatic heterocycles. The Bertz CT molecular complexity index is 464. The summed E-state index contributed by atoms with van der Waals surface area (Å²) >= 11 is 0. The summed E-state index contributed by atoms with van der Waals surface area (Å²) in [6.45, 7) is 18.8. The van der Waals surface area contributed by atoms with Crippen molar-refractivity contribution in [2.75, 3.05) is 13.2 Å². The van der Waals surface area contributed by atoms with E-state index in [2.05, 4.69) is 55.4 Å². The van der Waals surface area contributed by atoms with Gasteiger partial charge in [0.25, 0.3) is 0 Å². The van der Waals surface area contributed by atoms with Gasteiger partial charge in [-0.2, -0.15) is 5.06 Å². The number of ether oxygens (including phenoxy) is 3. The second-order valence-electron chi connectivity index (χ2n) is 11.3. The van der Waals surface area contributed by atoms with Crippen LogP contribution in [-0.2, 0) is 14.2 Å². The largest absolute Gasteiger partial charge is 0.379 e. The molecule has 1 rings (SSSR count). The Morgan fingerprint density at radius 1 is 0.781 bits per heavy atom. The number of hydroxylamine groups is 2. The van der Waals surface area contributed by atoms with Crippen molar-refractivity contribution in [1.82, 2.24) is 5.06 Å². The van der Waals surface area contributed by atoms with Gasteiger partial charge in [-0.3, -0.25) is 0 Å². The second-order valence-corrected chi connectivity index (χ2v) is 11.3. The van der Waals surface area contributed by atoms with Crippen molar-refractivity contribution < 1.29 is 19.4 Å². The van der Waals surface area contributed by atoms with Crippen LogP contribution in [0.5, 0.6) is 0 Å². The van der Waals surface area contributed by atoms with Crippen LogP contribution in [0.15, 0.2) is 0 Å². The van der Waals surface area contributed by atoms with Gasteiger partial charge >= 0.3 is 0 Å². The molecule has 3 atom stereocenters. The molecular formula is C27H55NO4. The molecule has 5 nitrogen and oxygen atoms in total. The van der Waals surface area contributed by atoms with Crippen LogP contribution in [-0.4, -0.2) is 59.0 Å². The minimum absolute atomic E-state index is 0.177. The minimum Gasteiger partial charge on any atom is -0.379 e. The zero-order valence-corrected chi connectivity index (χ0v) is 22.6. The van der Waals surface area contributed by atoms with Gasteiger partial charge in [0.15, 0.2) is 0 Å². The summed E-state index contributed by atoms with van der Waals surface area (Å²) in [5.41, 5.74) is -0.540. The summed E-state index contributed by atoms with van der Waals surface area (Å²) in [5.74, 6) is 0. The Balaban J connectivity index is 2.16. The zero-order chi connectivity index (χ0) is 24.2. The van der Waals surface area contributed by atoms with Gasteiger partial charge in [-0.1, -0.05) is 39.5 Å². The fourth-order valence-electron chi connectivity index (χ4n) is 4.90. The lowest BCUT2D eigenvalue weighted by molar-refractivity contribution is -0.265. The maximum Gasteiger partial charge on any atom is 0.0615 e. The fraction of sp³-hybridized carbons (Fsp3) is 1.00. The molecule has 0 saturated carbocycles. The topological polar surface area (TPSA) is 51.2 Å². The quantitative estimate of drug-likeness (QED) is 0.235. The summed E-state index contributed by atoms with van der Waals surface area (Å²) in [5, 5.41) is 12.0. The first-order chi connectivity index (χ1) is 15.0. The summed E-state index contributed by atoms with van der Waals surface area (Å²) in [4.78, 5) is 0. The molecule has 0 aromatic carbocycles. The third-order valence-electron chi connectivity index (χ3n) is 6.95. The van der Waals surface area contributed by atoms with Gasteiger partial charge in [0.1, 0.15) is 0 Å². The average molecular weight is 458 g/mol. The number of hydrogen-bond donors (Lipinski definition) is 1. The normalized spacial score (nSPS) is 22.0. The molecule has 1 saturated heterocycles. The van der Waals surface area contributed by atoms with Gasteiger partial charge in [-0.25, -0.2) is 0 Å². The lowest BCUT2D eigenvalue weighted by Crippen LogP contribution is -2.60. The predicted molar refractivity (Wildman–Crippen MR) is 133 cm³/mol. The van der Waals surface area contributed by atoms with Crippen molar-refractivity contribution in [3.05, 3.63) is 0 Å². The second kappa shape index (κ2) is 14.9. The van der Waals surface area contributed by atoms with E-state index in [9.17, 15) is 5.21 Å². The van der Waals surface area contributed by atoms with Crippen LogP contribution in [0.2, 0.25) is 0 Å². The van der Waals surface area contributed by atoms with Crippen molar-refractivity contribution in [2.24, 2.45) is 0 Å². The van der Waals surface area contributed by atoms with Crippen LogP contribution in [0.25, 0.3) is 0 Å². The first-order valence-corrected chi connectivity index (χ1v) is 13.4. The molecular weight excluding hydrogens is 402 g/mol. The average Bonchev–Trinajstić information content (AvgIpc) is 2.72. The van der Waals surface area contributed by atoms with Crippen LogP contribution in [0.3, 0.4) is 0 Å². The van der Waals surface area contributed by atoms with E-state index in [1.807, 2.05) is 0 Å². The van der Waals surface area contributed by atoms with Crippen LogP contribution < -0.4 is 0 Å². The van der Waals surface area contributed by atoms with Crippen LogP contribution in [0.1, 0.15) is 126 Å². The number of unbranched alkanes of at least 4 members (excludes halogenated alkanes) is 5. The number of nitrogens with zero attached hydrogens (tertiary/aromatic N) is 1. The summed E-state index contributed by atoms with van der Waals surface area (Å²) in [6, 6.07) is 0. The molecule has 1 aliphatic rings. The van der Waals surface area contributed by atoms with Gasteiger partial charge < -0.3 is 19.4 Å². The Hall–Kier alpha value is -0.200. The summed E-state index contributed by atoms with van der Waals surface area (Å²) < 4.78 is 18.3. The highest BCUT2D eigenvalue weighted by Gasteiger charge is 2.45. The van der Waals surface area contributed by atoms with Crippen LogP contribution in [0, 0.1) is 0 Å². The van der Waals surface area contributed by atoms with Crippen molar-refractivity contribution in [3.8, 4) is 0 Å².